The molecule has 1 saturated carbocycles. The second-order valence-electron chi connectivity index (χ2n) is 5.80. The quantitative estimate of drug-likeness (QED) is 0.113. The SMILES string of the molecule is CP(C)C.C[C]1[C](C)[C](C)[C](C)[C]1C.F[C-](F)C(F)(F)C(F)(F)F.[I][Ir+2]. The Morgan fingerprint density at radius 1 is 0.692 bits per heavy atom. The molecule has 1 aliphatic carbocycles. The summed E-state index contributed by atoms with van der Waals surface area (Å²) in [5.74, 6) is 1.36. The zero-order valence-electron chi connectivity index (χ0n) is 15.8. The van der Waals surface area contributed by atoms with E-state index in [0.29, 0.717) is 7.92 Å². The summed E-state index contributed by atoms with van der Waals surface area (Å²) < 4.78 is 76.3. The number of alkyl halides is 5. The molecule has 0 heterocycles. The van der Waals surface area contributed by atoms with Gasteiger partial charge in [-0.05, 0) is 49.6 Å². The standard InChI is InChI=1S/C10H15.C3F7.C3H9P.HI.Ir/c1-6-7(2)9(4)10(5)8(6)3;4-1(5)2(6,7)3(8,9)10;1-4(2)3;;/h1-5H3;;1-3H3;1H;/q;-1;;;+3/p-1. The maximum atomic E-state index is 11.1. The van der Waals surface area contributed by atoms with Crippen molar-refractivity contribution in [3.63, 3.8) is 0 Å². The first-order chi connectivity index (χ1) is 11.5. The fraction of sp³-hybridized carbons (Fsp3) is 0.625. The van der Waals surface area contributed by atoms with Crippen LogP contribution in [0.1, 0.15) is 34.6 Å². The molecule has 0 unspecified atom stereocenters. The van der Waals surface area contributed by atoms with Crippen molar-refractivity contribution in [3.8, 4) is 0 Å². The topological polar surface area (TPSA) is 0 Å². The van der Waals surface area contributed by atoms with Gasteiger partial charge in [-0.15, -0.1) is 7.92 Å². The molecule has 0 nitrogen and oxygen atoms in total. The molecule has 1 aliphatic rings. The molecule has 0 amide bonds. The molecule has 0 saturated heterocycles. The minimum absolute atomic E-state index is 0.380. The fourth-order valence-electron chi connectivity index (χ4n) is 1.51. The van der Waals surface area contributed by atoms with Crippen LogP contribution in [0.4, 0.5) is 30.7 Å². The van der Waals surface area contributed by atoms with Crippen molar-refractivity contribution in [1.82, 2.24) is 0 Å². The van der Waals surface area contributed by atoms with E-state index in [1.165, 1.54) is 29.6 Å². The zero-order chi connectivity index (χ0) is 22.0. The monoisotopic (exact) mass is 700 g/mol. The van der Waals surface area contributed by atoms with Crippen molar-refractivity contribution in [1.29, 1.82) is 0 Å². The molecule has 157 valence electrons. The van der Waals surface area contributed by atoms with E-state index in [9.17, 15) is 30.7 Å². The van der Waals surface area contributed by atoms with E-state index in [0.717, 1.165) is 0 Å². The van der Waals surface area contributed by atoms with Gasteiger partial charge in [0.25, 0.3) is 5.92 Å². The first kappa shape index (κ1) is 32.0. The average molecular weight is 699 g/mol. The van der Waals surface area contributed by atoms with E-state index >= 15 is 0 Å². The summed E-state index contributed by atoms with van der Waals surface area (Å²) in [6.07, 6.45) is -10.1. The van der Waals surface area contributed by atoms with Gasteiger partial charge >= 0.3 is 41.1 Å². The van der Waals surface area contributed by atoms with Gasteiger partial charge in [0.2, 0.25) is 0 Å². The van der Waals surface area contributed by atoms with Gasteiger partial charge in [-0.3, -0.25) is 0 Å². The Kier molecular flexibility index (Phi) is 17.6. The van der Waals surface area contributed by atoms with E-state index in [4.69, 9.17) is 0 Å². The molecule has 5 radical (unpaired) electrons. The fourth-order valence-corrected chi connectivity index (χ4v) is 1.51. The molecule has 0 atom stereocenters. The number of halogens is 8. The van der Waals surface area contributed by atoms with Crippen LogP contribution in [0.2, 0.25) is 0 Å². The van der Waals surface area contributed by atoms with Gasteiger partial charge in [-0.25, -0.2) is 8.78 Å². The van der Waals surface area contributed by atoms with E-state index in [1.807, 2.05) is 15.3 Å². The molecular formula is C16H24F7IIrP+. The van der Waals surface area contributed by atoms with Gasteiger partial charge in [-0.1, -0.05) is 34.6 Å². The third-order valence-electron chi connectivity index (χ3n) is 3.41. The number of hydrogen-bond donors (Lipinski definition) is 0. The summed E-state index contributed by atoms with van der Waals surface area (Å²) in [6, 6.07) is 0. The molecule has 10 heteroatoms. The molecule has 0 aromatic carbocycles. The van der Waals surface area contributed by atoms with Crippen molar-refractivity contribution in [2.75, 3.05) is 20.0 Å². The average Bonchev–Trinajstić information content (AvgIpc) is 2.66. The third kappa shape index (κ3) is 11.4. The predicted molar refractivity (Wildman–Crippen MR) is 99.8 cm³/mol. The molecule has 0 N–H and O–H groups in total. The van der Waals surface area contributed by atoms with Crippen LogP contribution in [0.5, 0.6) is 0 Å². The molecule has 1 fully saturated rings. The molecular weight excluding hydrogens is 675 g/mol. The summed E-state index contributed by atoms with van der Waals surface area (Å²) in [4.78, 5) is 0. The van der Waals surface area contributed by atoms with Crippen molar-refractivity contribution >= 4 is 27.5 Å². The molecule has 0 aliphatic heterocycles. The van der Waals surface area contributed by atoms with Crippen LogP contribution in [0.25, 0.3) is 0 Å². The summed E-state index contributed by atoms with van der Waals surface area (Å²) in [5, 5.41) is 0. The van der Waals surface area contributed by atoms with Gasteiger partial charge in [0.15, 0.2) is 0 Å². The third-order valence-corrected chi connectivity index (χ3v) is 3.41. The molecule has 0 aromatic rings. The zero-order valence-corrected chi connectivity index (χ0v) is 21.3. The van der Waals surface area contributed by atoms with E-state index < -0.39 is 18.5 Å². The van der Waals surface area contributed by atoms with Crippen LogP contribution < -0.4 is 0 Å². The first-order valence-corrected chi connectivity index (χ1v) is 16.5. The second kappa shape index (κ2) is 14.3. The van der Waals surface area contributed by atoms with Gasteiger partial charge in [-0.2, -0.15) is 13.2 Å². The van der Waals surface area contributed by atoms with Crippen LogP contribution in [0, 0.1) is 36.0 Å². The Balaban J connectivity index is -0.000000314. The van der Waals surface area contributed by atoms with Crippen LogP contribution >= 0.6 is 27.5 Å². The Hall–Kier alpha value is 1.32. The molecule has 1 rings (SSSR count). The Bertz CT molecular complexity index is 306. The van der Waals surface area contributed by atoms with Crippen molar-refractivity contribution in [2.24, 2.45) is 0 Å². The van der Waals surface area contributed by atoms with E-state index in [2.05, 4.69) is 74.2 Å². The maximum absolute atomic E-state index is 11.1. The molecule has 0 spiro atoms. The Morgan fingerprint density at radius 2 is 0.846 bits per heavy atom. The molecule has 0 aromatic heterocycles. The van der Waals surface area contributed by atoms with Crippen molar-refractivity contribution < 1.29 is 46.1 Å². The Morgan fingerprint density at radius 3 is 0.885 bits per heavy atom. The first-order valence-electron chi connectivity index (χ1n) is 7.04. The summed E-state index contributed by atoms with van der Waals surface area (Å²) in [7, 11) is 0.380. The summed E-state index contributed by atoms with van der Waals surface area (Å²) >= 11 is 4.12. The molecule has 0 bridgehead atoms. The van der Waals surface area contributed by atoms with Crippen LogP contribution in [-0.2, 0) is 15.3 Å². The second-order valence-corrected chi connectivity index (χ2v) is 8.48. The van der Waals surface area contributed by atoms with Crippen molar-refractivity contribution in [3.05, 3.63) is 36.0 Å². The summed E-state index contributed by atoms with van der Waals surface area (Å²) in [6.45, 7) is 17.7. The van der Waals surface area contributed by atoms with Gasteiger partial charge in [0, 0.05) is 0 Å². The normalized spacial score (nSPS) is 18.1. The van der Waals surface area contributed by atoms with Crippen LogP contribution in [-0.4, -0.2) is 32.1 Å². The van der Waals surface area contributed by atoms with Crippen molar-refractivity contribution in [2.45, 2.75) is 46.7 Å². The van der Waals surface area contributed by atoms with Gasteiger partial charge in [0.1, 0.15) is 0 Å². The predicted octanol–water partition coefficient (Wildman–Crippen LogP) is 7.83. The van der Waals surface area contributed by atoms with E-state index in [1.54, 1.807) is 0 Å². The number of hydrogen-bond acceptors (Lipinski definition) is 0. The van der Waals surface area contributed by atoms with Crippen LogP contribution in [0.15, 0.2) is 0 Å². The van der Waals surface area contributed by atoms with Gasteiger partial charge in [0.05, 0.1) is 6.43 Å². The minimum atomic E-state index is -6.20. The molecule has 26 heavy (non-hydrogen) atoms. The van der Waals surface area contributed by atoms with Crippen LogP contribution in [0.3, 0.4) is 0 Å². The van der Waals surface area contributed by atoms with E-state index in [-0.39, 0.29) is 0 Å². The van der Waals surface area contributed by atoms with Gasteiger partial charge < -0.3 is 8.78 Å². The summed E-state index contributed by atoms with van der Waals surface area (Å²) in [5.41, 5.74) is 0. The number of rotatable bonds is 1. The Labute approximate surface area is 175 Å².